The number of hydrogen-bond donors (Lipinski definition) is 2. The van der Waals surface area contributed by atoms with Crippen molar-refractivity contribution < 1.29 is 8.42 Å². The van der Waals surface area contributed by atoms with Crippen LogP contribution >= 0.6 is 0 Å². The lowest BCUT2D eigenvalue weighted by Gasteiger charge is -2.12. The van der Waals surface area contributed by atoms with E-state index in [9.17, 15) is 8.42 Å². The second-order valence-corrected chi connectivity index (χ2v) is 7.51. The van der Waals surface area contributed by atoms with Gasteiger partial charge in [-0.2, -0.15) is 0 Å². The highest BCUT2D eigenvalue weighted by molar-refractivity contribution is 7.89. The van der Waals surface area contributed by atoms with E-state index in [1.165, 1.54) is 0 Å². The van der Waals surface area contributed by atoms with Crippen LogP contribution < -0.4 is 10.0 Å². The van der Waals surface area contributed by atoms with Gasteiger partial charge in [0.2, 0.25) is 10.0 Å². The summed E-state index contributed by atoms with van der Waals surface area (Å²) in [5.74, 6) is 0.540. The van der Waals surface area contributed by atoms with Gasteiger partial charge in [0, 0.05) is 31.0 Å². The summed E-state index contributed by atoms with van der Waals surface area (Å²) >= 11 is 0. The summed E-state index contributed by atoms with van der Waals surface area (Å²) < 4.78 is 29.3. The molecule has 2 N–H and O–H groups in total. The molecule has 0 bridgehead atoms. The molecule has 5 nitrogen and oxygen atoms in total. The smallest absolute Gasteiger partial charge is 0.242 e. The number of aromatic nitrogens is 1. The van der Waals surface area contributed by atoms with Crippen LogP contribution in [0.5, 0.6) is 0 Å². The van der Waals surface area contributed by atoms with Gasteiger partial charge in [0.15, 0.2) is 0 Å². The van der Waals surface area contributed by atoms with Gasteiger partial charge in [0.1, 0.15) is 0 Å². The normalized spacial score (nSPS) is 16.0. The molecule has 0 unspecified atom stereocenters. The zero-order valence-corrected chi connectivity index (χ0v) is 13.3. The molecule has 0 aromatic carbocycles. The molecule has 1 aromatic rings. The summed E-state index contributed by atoms with van der Waals surface area (Å²) in [7, 11) is -3.37. The van der Waals surface area contributed by atoms with E-state index in [0.29, 0.717) is 23.9 Å². The third-order valence-corrected chi connectivity index (χ3v) is 4.98. The van der Waals surface area contributed by atoms with Crippen LogP contribution in [0.15, 0.2) is 17.2 Å². The second kappa shape index (κ2) is 6.28. The van der Waals surface area contributed by atoms with Crippen LogP contribution in [0.1, 0.15) is 45.3 Å². The Kier molecular flexibility index (Phi) is 4.88. The van der Waals surface area contributed by atoms with Gasteiger partial charge in [-0.25, -0.2) is 13.1 Å². The van der Waals surface area contributed by atoms with Crippen molar-refractivity contribution in [3.05, 3.63) is 18.0 Å². The SMILES string of the molecule is CCNCc1cc(S(=O)(=O)NCC2CC2)cn1C(C)C. The molecule has 114 valence electrons. The third kappa shape index (κ3) is 3.84. The summed E-state index contributed by atoms with van der Waals surface area (Å²) in [6, 6.07) is 2.02. The van der Waals surface area contributed by atoms with Crippen molar-refractivity contribution in [2.24, 2.45) is 5.92 Å². The summed E-state index contributed by atoms with van der Waals surface area (Å²) in [5.41, 5.74) is 1.01. The van der Waals surface area contributed by atoms with Gasteiger partial charge in [0.25, 0.3) is 0 Å². The van der Waals surface area contributed by atoms with Gasteiger partial charge < -0.3 is 9.88 Å². The van der Waals surface area contributed by atoms with Gasteiger partial charge >= 0.3 is 0 Å². The van der Waals surface area contributed by atoms with Crippen molar-refractivity contribution in [1.82, 2.24) is 14.6 Å². The molecule has 0 saturated heterocycles. The number of sulfonamides is 1. The van der Waals surface area contributed by atoms with Crippen LogP contribution in [0.25, 0.3) is 0 Å². The summed E-state index contributed by atoms with van der Waals surface area (Å²) in [6.07, 6.45) is 4.02. The van der Waals surface area contributed by atoms with E-state index >= 15 is 0 Å². The average Bonchev–Trinajstić information content (AvgIpc) is 3.11. The Morgan fingerprint density at radius 3 is 2.65 bits per heavy atom. The first-order chi connectivity index (χ1) is 9.44. The van der Waals surface area contributed by atoms with E-state index in [-0.39, 0.29) is 6.04 Å². The van der Waals surface area contributed by atoms with Crippen molar-refractivity contribution in [1.29, 1.82) is 0 Å². The van der Waals surface area contributed by atoms with Gasteiger partial charge in [-0.05, 0) is 45.2 Å². The Balaban J connectivity index is 2.17. The molecular weight excluding hydrogens is 274 g/mol. The second-order valence-electron chi connectivity index (χ2n) is 5.74. The van der Waals surface area contributed by atoms with Crippen molar-refractivity contribution >= 4 is 10.0 Å². The first-order valence-electron chi connectivity index (χ1n) is 7.35. The molecule has 2 rings (SSSR count). The zero-order chi connectivity index (χ0) is 14.8. The summed E-state index contributed by atoms with van der Waals surface area (Å²) in [4.78, 5) is 0.375. The maximum atomic E-state index is 12.3. The van der Waals surface area contributed by atoms with Gasteiger partial charge in [-0.3, -0.25) is 0 Å². The lowest BCUT2D eigenvalue weighted by molar-refractivity contribution is 0.554. The van der Waals surface area contributed by atoms with E-state index in [1.807, 2.05) is 11.5 Å². The van der Waals surface area contributed by atoms with Crippen molar-refractivity contribution in [3.63, 3.8) is 0 Å². The Labute approximate surface area is 121 Å². The first kappa shape index (κ1) is 15.5. The van der Waals surface area contributed by atoms with Crippen LogP contribution in [0.3, 0.4) is 0 Å². The highest BCUT2D eigenvalue weighted by Crippen LogP contribution is 2.28. The molecule has 0 radical (unpaired) electrons. The van der Waals surface area contributed by atoms with E-state index < -0.39 is 10.0 Å². The molecule has 1 heterocycles. The maximum Gasteiger partial charge on any atom is 0.242 e. The minimum atomic E-state index is -3.37. The van der Waals surface area contributed by atoms with Crippen LogP contribution in [-0.2, 0) is 16.6 Å². The third-order valence-electron chi connectivity index (χ3n) is 3.59. The highest BCUT2D eigenvalue weighted by Gasteiger charge is 2.25. The fourth-order valence-corrected chi connectivity index (χ4v) is 3.32. The largest absolute Gasteiger partial charge is 0.346 e. The van der Waals surface area contributed by atoms with Gasteiger partial charge in [-0.15, -0.1) is 0 Å². The molecule has 1 fully saturated rings. The number of nitrogens with zero attached hydrogens (tertiary/aromatic N) is 1. The molecule has 1 aromatic heterocycles. The molecular formula is C14H25N3O2S. The Hall–Kier alpha value is -0.850. The van der Waals surface area contributed by atoms with Crippen LogP contribution in [0.2, 0.25) is 0 Å². The molecule has 1 saturated carbocycles. The Morgan fingerprint density at radius 1 is 1.40 bits per heavy atom. The fourth-order valence-electron chi connectivity index (χ4n) is 2.15. The van der Waals surface area contributed by atoms with Crippen LogP contribution in [-0.4, -0.2) is 26.1 Å². The molecule has 20 heavy (non-hydrogen) atoms. The van der Waals surface area contributed by atoms with E-state index in [4.69, 9.17) is 0 Å². The standard InChI is InChI=1S/C14H25N3O2S/c1-4-15-9-13-7-14(10-17(13)11(2)3)20(18,19)16-8-12-5-6-12/h7,10-12,15-16H,4-6,8-9H2,1-3H3. The first-order valence-corrected chi connectivity index (χ1v) is 8.83. The predicted octanol–water partition coefficient (Wildman–Crippen LogP) is 1.87. The lowest BCUT2D eigenvalue weighted by atomic mass is 10.3. The topological polar surface area (TPSA) is 63.1 Å². The van der Waals surface area contributed by atoms with Crippen LogP contribution in [0, 0.1) is 5.92 Å². The minimum Gasteiger partial charge on any atom is -0.346 e. The summed E-state index contributed by atoms with van der Waals surface area (Å²) in [5, 5.41) is 3.25. The fraction of sp³-hybridized carbons (Fsp3) is 0.714. The molecule has 0 atom stereocenters. The summed E-state index contributed by atoms with van der Waals surface area (Å²) in [6.45, 7) is 8.28. The number of nitrogens with one attached hydrogen (secondary N) is 2. The van der Waals surface area contributed by atoms with Crippen molar-refractivity contribution in [3.8, 4) is 0 Å². The molecule has 0 aliphatic heterocycles. The Bertz CT molecular complexity index is 545. The molecule has 1 aliphatic rings. The van der Waals surface area contributed by atoms with E-state index in [1.54, 1.807) is 12.3 Å². The average molecular weight is 299 g/mol. The van der Waals surface area contributed by atoms with Crippen molar-refractivity contribution in [2.75, 3.05) is 13.1 Å². The number of rotatable bonds is 8. The predicted molar refractivity (Wildman–Crippen MR) is 80.1 cm³/mol. The van der Waals surface area contributed by atoms with E-state index in [0.717, 1.165) is 25.1 Å². The Morgan fingerprint density at radius 2 is 2.10 bits per heavy atom. The maximum absolute atomic E-state index is 12.3. The zero-order valence-electron chi connectivity index (χ0n) is 12.5. The van der Waals surface area contributed by atoms with Crippen LogP contribution in [0.4, 0.5) is 0 Å². The number of hydrogen-bond acceptors (Lipinski definition) is 3. The van der Waals surface area contributed by atoms with Gasteiger partial charge in [-0.1, -0.05) is 6.92 Å². The lowest BCUT2D eigenvalue weighted by Crippen LogP contribution is -2.25. The highest BCUT2D eigenvalue weighted by atomic mass is 32.2. The minimum absolute atomic E-state index is 0.246. The molecule has 0 amide bonds. The quantitative estimate of drug-likeness (QED) is 0.770. The van der Waals surface area contributed by atoms with E-state index in [2.05, 4.69) is 23.9 Å². The van der Waals surface area contributed by atoms with Crippen molar-refractivity contribution in [2.45, 2.75) is 51.1 Å². The van der Waals surface area contributed by atoms with Gasteiger partial charge in [0.05, 0.1) is 4.90 Å². The molecule has 0 spiro atoms. The monoisotopic (exact) mass is 299 g/mol. The molecule has 1 aliphatic carbocycles. The molecule has 6 heteroatoms.